The third-order valence-electron chi connectivity index (χ3n) is 4.54. The minimum Gasteiger partial charge on any atom is -0.505 e. The molecule has 10 nitrogen and oxygen atoms in total. The summed E-state index contributed by atoms with van der Waals surface area (Å²) in [6, 6.07) is 3.07. The molecule has 0 unspecified atom stereocenters. The number of carbonyl (C=O) groups is 2. The van der Waals surface area contributed by atoms with Gasteiger partial charge in [0.15, 0.2) is 5.82 Å². The number of nitrogens with zero attached hydrogens (tertiary/aromatic N) is 4. The van der Waals surface area contributed by atoms with E-state index >= 15 is 0 Å². The monoisotopic (exact) mass is 396 g/mol. The lowest BCUT2D eigenvalue weighted by Crippen LogP contribution is -2.32. The molecule has 0 radical (unpaired) electrons. The van der Waals surface area contributed by atoms with Crippen molar-refractivity contribution < 1.29 is 14.7 Å². The Bertz CT molecular complexity index is 1030. The first kappa shape index (κ1) is 20.0. The Hall–Kier alpha value is -3.74. The van der Waals surface area contributed by atoms with Crippen LogP contribution in [0.2, 0.25) is 0 Å². The first-order valence-corrected chi connectivity index (χ1v) is 9.20. The van der Waals surface area contributed by atoms with Crippen molar-refractivity contribution in [3.63, 3.8) is 0 Å². The number of aromatic nitrogens is 3. The summed E-state index contributed by atoms with van der Waals surface area (Å²) in [5.74, 6) is -0.417. The third kappa shape index (κ3) is 4.95. The number of pyridine rings is 1. The molecule has 0 atom stereocenters. The predicted molar refractivity (Wildman–Crippen MR) is 102 cm³/mol. The molecule has 1 fully saturated rings. The zero-order valence-corrected chi connectivity index (χ0v) is 15.6. The van der Waals surface area contributed by atoms with Crippen LogP contribution in [0, 0.1) is 11.3 Å². The van der Waals surface area contributed by atoms with Crippen LogP contribution in [0.3, 0.4) is 0 Å². The maximum Gasteiger partial charge on any atom is 0.254 e. The number of nitriles is 1. The van der Waals surface area contributed by atoms with E-state index in [2.05, 4.69) is 20.3 Å². The zero-order chi connectivity index (χ0) is 20.8. The Balaban J connectivity index is 1.55. The number of carbonyl (C=O) groups excluding carboxylic acids is 2. The van der Waals surface area contributed by atoms with Crippen LogP contribution < -0.4 is 10.9 Å². The fourth-order valence-electron chi connectivity index (χ4n) is 3.04. The maximum absolute atomic E-state index is 12.2. The van der Waals surface area contributed by atoms with Gasteiger partial charge in [0.2, 0.25) is 11.8 Å². The van der Waals surface area contributed by atoms with E-state index in [0.717, 1.165) is 13.0 Å². The largest absolute Gasteiger partial charge is 0.505 e. The van der Waals surface area contributed by atoms with Crippen LogP contribution in [0.25, 0.3) is 11.5 Å². The Morgan fingerprint density at radius 2 is 2.17 bits per heavy atom. The van der Waals surface area contributed by atoms with Crippen LogP contribution in [0.5, 0.6) is 5.75 Å². The second-order valence-electron chi connectivity index (χ2n) is 6.65. The molecule has 2 aromatic rings. The number of H-pyrrole nitrogens is 1. The van der Waals surface area contributed by atoms with Gasteiger partial charge in [-0.3, -0.25) is 14.4 Å². The number of hydrogen-bond acceptors (Lipinski definition) is 7. The summed E-state index contributed by atoms with van der Waals surface area (Å²) in [5.41, 5.74) is -0.128. The Labute approximate surface area is 166 Å². The minimum absolute atomic E-state index is 0.0357. The van der Waals surface area contributed by atoms with E-state index < -0.39 is 5.56 Å². The van der Waals surface area contributed by atoms with Gasteiger partial charge in [-0.2, -0.15) is 5.26 Å². The molecule has 2 aromatic heterocycles. The van der Waals surface area contributed by atoms with Gasteiger partial charge in [0.1, 0.15) is 17.5 Å². The van der Waals surface area contributed by atoms with Gasteiger partial charge in [0.05, 0.1) is 12.0 Å². The summed E-state index contributed by atoms with van der Waals surface area (Å²) in [5, 5.41) is 21.5. The van der Waals surface area contributed by atoms with Crippen molar-refractivity contribution in [1.29, 1.82) is 5.26 Å². The standard InChI is InChI=1S/C19H20N6O4/c20-9-12-7-14(26)17(22-10-12)18-23-11-13(19(29)24-18)8-15(27)21-4-2-6-25-5-1-3-16(25)28/h7,10-11,26H,1-6,8H2,(H,21,27)(H,23,24,29). The van der Waals surface area contributed by atoms with Gasteiger partial charge in [-0.05, 0) is 12.8 Å². The normalized spacial score (nSPS) is 13.3. The fourth-order valence-corrected chi connectivity index (χ4v) is 3.04. The molecule has 1 aliphatic rings. The van der Waals surface area contributed by atoms with E-state index in [1.807, 2.05) is 6.07 Å². The van der Waals surface area contributed by atoms with E-state index in [0.29, 0.717) is 25.9 Å². The lowest BCUT2D eigenvalue weighted by Gasteiger charge is -2.15. The number of aromatic amines is 1. The molecule has 3 heterocycles. The number of aromatic hydroxyl groups is 1. The molecular weight excluding hydrogens is 376 g/mol. The van der Waals surface area contributed by atoms with Gasteiger partial charge in [0, 0.05) is 50.1 Å². The van der Waals surface area contributed by atoms with Crippen LogP contribution >= 0.6 is 0 Å². The van der Waals surface area contributed by atoms with Crippen LogP contribution in [-0.4, -0.2) is 56.4 Å². The summed E-state index contributed by atoms with van der Waals surface area (Å²) < 4.78 is 0. The fraction of sp³-hybridized carbons (Fsp3) is 0.368. The quantitative estimate of drug-likeness (QED) is 0.560. The first-order chi connectivity index (χ1) is 14.0. The molecule has 0 aliphatic carbocycles. The van der Waals surface area contributed by atoms with Crippen LogP contribution in [0.4, 0.5) is 0 Å². The van der Waals surface area contributed by atoms with Crippen molar-refractivity contribution in [1.82, 2.24) is 25.2 Å². The Kier molecular flexibility index (Phi) is 6.19. The summed E-state index contributed by atoms with van der Waals surface area (Å²) >= 11 is 0. The van der Waals surface area contributed by atoms with Gasteiger partial charge in [0.25, 0.3) is 5.56 Å². The second-order valence-corrected chi connectivity index (χ2v) is 6.65. The smallest absolute Gasteiger partial charge is 0.254 e. The van der Waals surface area contributed by atoms with Gasteiger partial charge in [-0.1, -0.05) is 0 Å². The first-order valence-electron chi connectivity index (χ1n) is 9.20. The van der Waals surface area contributed by atoms with E-state index in [-0.39, 0.29) is 46.6 Å². The molecular formula is C19H20N6O4. The highest BCUT2D eigenvalue weighted by atomic mass is 16.3. The van der Waals surface area contributed by atoms with Crippen molar-refractivity contribution in [2.75, 3.05) is 19.6 Å². The van der Waals surface area contributed by atoms with Crippen molar-refractivity contribution in [2.45, 2.75) is 25.7 Å². The number of likely N-dealkylation sites (tertiary alicyclic amines) is 1. The van der Waals surface area contributed by atoms with Crippen LogP contribution in [0.1, 0.15) is 30.4 Å². The highest BCUT2D eigenvalue weighted by Crippen LogP contribution is 2.23. The summed E-state index contributed by atoms with van der Waals surface area (Å²) in [4.78, 5) is 48.1. The van der Waals surface area contributed by atoms with Crippen molar-refractivity contribution in [3.05, 3.63) is 39.9 Å². The van der Waals surface area contributed by atoms with Crippen LogP contribution in [0.15, 0.2) is 23.3 Å². The summed E-state index contributed by atoms with van der Waals surface area (Å²) in [6.45, 7) is 1.79. The molecule has 1 saturated heterocycles. The highest BCUT2D eigenvalue weighted by molar-refractivity contribution is 5.79. The summed E-state index contributed by atoms with van der Waals surface area (Å²) in [7, 11) is 0. The van der Waals surface area contributed by atoms with E-state index in [1.54, 1.807) is 4.90 Å². The predicted octanol–water partition coefficient (Wildman–Crippen LogP) is 0.0804. The number of nitrogens with one attached hydrogen (secondary N) is 2. The summed E-state index contributed by atoms with van der Waals surface area (Å²) in [6.07, 6.45) is 4.50. The van der Waals surface area contributed by atoms with Gasteiger partial charge in [-0.25, -0.2) is 9.97 Å². The minimum atomic E-state index is -0.515. The van der Waals surface area contributed by atoms with Crippen molar-refractivity contribution in [2.24, 2.45) is 0 Å². The Morgan fingerprint density at radius 1 is 1.34 bits per heavy atom. The lowest BCUT2D eigenvalue weighted by atomic mass is 10.2. The molecule has 29 heavy (non-hydrogen) atoms. The zero-order valence-electron chi connectivity index (χ0n) is 15.6. The Morgan fingerprint density at radius 3 is 2.83 bits per heavy atom. The average Bonchev–Trinajstić information content (AvgIpc) is 3.11. The number of hydrogen-bond donors (Lipinski definition) is 3. The molecule has 2 amide bonds. The second kappa shape index (κ2) is 8.97. The molecule has 0 saturated carbocycles. The highest BCUT2D eigenvalue weighted by Gasteiger charge is 2.19. The molecule has 10 heteroatoms. The van der Waals surface area contributed by atoms with E-state index in [4.69, 9.17) is 5.26 Å². The van der Waals surface area contributed by atoms with E-state index in [9.17, 15) is 19.5 Å². The molecule has 0 bridgehead atoms. The lowest BCUT2D eigenvalue weighted by molar-refractivity contribution is -0.127. The molecule has 3 N–H and O–H groups in total. The van der Waals surface area contributed by atoms with Gasteiger partial charge < -0.3 is 20.3 Å². The number of amides is 2. The average molecular weight is 396 g/mol. The molecule has 0 spiro atoms. The van der Waals surface area contributed by atoms with Crippen molar-refractivity contribution >= 4 is 11.8 Å². The molecule has 150 valence electrons. The SMILES string of the molecule is N#Cc1cnc(-c2ncc(CC(=O)NCCCN3CCCC3=O)c(=O)[nH]2)c(O)c1. The van der Waals surface area contributed by atoms with E-state index in [1.165, 1.54) is 18.5 Å². The molecule has 0 aromatic carbocycles. The topological polar surface area (TPSA) is 152 Å². The van der Waals surface area contributed by atoms with Crippen molar-refractivity contribution in [3.8, 4) is 23.3 Å². The van der Waals surface area contributed by atoms with Gasteiger partial charge >= 0.3 is 0 Å². The van der Waals surface area contributed by atoms with Gasteiger partial charge in [-0.15, -0.1) is 0 Å². The molecule has 3 rings (SSSR count). The van der Waals surface area contributed by atoms with Crippen LogP contribution in [-0.2, 0) is 16.0 Å². The maximum atomic E-state index is 12.2. The molecule has 1 aliphatic heterocycles. The number of rotatable bonds is 7. The third-order valence-corrected chi connectivity index (χ3v) is 4.54.